The van der Waals surface area contributed by atoms with E-state index in [0.29, 0.717) is 18.5 Å². The molecule has 11 heteroatoms. The van der Waals surface area contributed by atoms with E-state index in [0.717, 1.165) is 16.9 Å². The molecule has 2 rings (SSSR count). The van der Waals surface area contributed by atoms with Crippen LogP contribution in [0.4, 0.5) is 0 Å². The fourth-order valence-corrected chi connectivity index (χ4v) is 6.78. The van der Waals surface area contributed by atoms with Crippen LogP contribution >= 0.6 is 11.6 Å². The van der Waals surface area contributed by atoms with Crippen LogP contribution in [-0.2, 0) is 45.1 Å². The molecule has 0 aliphatic carbocycles. The molecule has 0 radical (unpaired) electrons. The van der Waals surface area contributed by atoms with Gasteiger partial charge in [0.15, 0.2) is 0 Å². The Morgan fingerprint density at radius 3 is 2.18 bits per heavy atom. The highest BCUT2D eigenvalue weighted by Crippen LogP contribution is 2.31. The maximum atomic E-state index is 11.5. The number of carbonyl (C=O) groups excluding carboxylic acids is 3. The van der Waals surface area contributed by atoms with Crippen molar-refractivity contribution >= 4 is 46.9 Å². The Morgan fingerprint density at radius 1 is 1.11 bits per heavy atom. The summed E-state index contributed by atoms with van der Waals surface area (Å²) in [4.78, 5) is 34.5. The predicted molar refractivity (Wildman–Crippen MR) is 104 cm³/mol. The highest BCUT2D eigenvalue weighted by atomic mass is 35.5. The quantitative estimate of drug-likeness (QED) is 0.465. The van der Waals surface area contributed by atoms with Crippen molar-refractivity contribution in [2.75, 3.05) is 5.50 Å². The normalized spacial score (nSPS) is 18.5. The molecule has 1 atom stereocenters. The van der Waals surface area contributed by atoms with Gasteiger partial charge < -0.3 is 22.1 Å². The second-order valence-electron chi connectivity index (χ2n) is 6.56. The zero-order valence-corrected chi connectivity index (χ0v) is 19.0. The van der Waals surface area contributed by atoms with Crippen molar-refractivity contribution in [1.82, 2.24) is 0 Å². The standard InChI is InChI=1S/C17H23ClO8Si2/c1-12(19)23-28(24-13(2)20,25-14(3)21)8-7-15-5-6-17-16(9-15)10-22-27(4,11-18)26-17/h5-6,9H,7-8,10-11H2,1-4H3. The van der Waals surface area contributed by atoms with E-state index in [1.165, 1.54) is 20.8 Å². The Bertz CT molecular complexity index is 731. The van der Waals surface area contributed by atoms with Crippen LogP contribution in [-0.4, -0.2) is 40.8 Å². The van der Waals surface area contributed by atoms with Gasteiger partial charge in [0.25, 0.3) is 17.9 Å². The maximum Gasteiger partial charge on any atom is 0.705 e. The SMILES string of the molecule is CC(=O)O[Si](CCc1ccc2c(c1)CO[Si](C)(CCl)O2)(OC(C)=O)OC(C)=O. The van der Waals surface area contributed by atoms with Gasteiger partial charge in [-0.2, -0.15) is 0 Å². The molecule has 0 bridgehead atoms. The molecule has 1 unspecified atom stereocenters. The number of fused-ring (bicyclic) bond motifs is 1. The molecule has 1 heterocycles. The number of benzene rings is 1. The molecule has 0 saturated heterocycles. The largest absolute Gasteiger partial charge is 0.705 e. The Labute approximate surface area is 170 Å². The molecule has 0 amide bonds. The summed E-state index contributed by atoms with van der Waals surface area (Å²) in [7, 11) is -6.24. The van der Waals surface area contributed by atoms with E-state index < -0.39 is 35.3 Å². The van der Waals surface area contributed by atoms with Crippen molar-refractivity contribution in [1.29, 1.82) is 0 Å². The van der Waals surface area contributed by atoms with Gasteiger partial charge >= 0.3 is 17.4 Å². The first-order valence-electron chi connectivity index (χ1n) is 8.66. The molecule has 28 heavy (non-hydrogen) atoms. The average Bonchev–Trinajstić information content (AvgIpc) is 2.58. The first-order valence-corrected chi connectivity index (χ1v) is 13.6. The zero-order valence-electron chi connectivity index (χ0n) is 16.2. The zero-order chi connectivity index (χ0) is 20.9. The maximum absolute atomic E-state index is 11.5. The number of halogens is 1. The van der Waals surface area contributed by atoms with E-state index >= 15 is 0 Å². The van der Waals surface area contributed by atoms with Crippen LogP contribution in [0.15, 0.2) is 18.2 Å². The molecule has 1 aliphatic rings. The van der Waals surface area contributed by atoms with Gasteiger partial charge in [0.05, 0.1) is 18.2 Å². The monoisotopic (exact) mass is 446 g/mol. The molecule has 0 aromatic heterocycles. The second kappa shape index (κ2) is 9.08. The van der Waals surface area contributed by atoms with E-state index in [1.54, 1.807) is 0 Å². The summed E-state index contributed by atoms with van der Waals surface area (Å²) in [5.41, 5.74) is 2.06. The van der Waals surface area contributed by atoms with Gasteiger partial charge in [-0.1, -0.05) is 6.07 Å². The summed E-state index contributed by atoms with van der Waals surface area (Å²) in [6, 6.07) is 5.64. The molecule has 1 aromatic rings. The number of carbonyl (C=O) groups is 3. The Kier molecular flexibility index (Phi) is 7.26. The van der Waals surface area contributed by atoms with Crippen molar-refractivity contribution < 1.29 is 36.5 Å². The molecule has 1 aromatic carbocycles. The Balaban J connectivity index is 2.19. The van der Waals surface area contributed by atoms with Gasteiger partial charge in [0.1, 0.15) is 5.75 Å². The fraction of sp³-hybridized carbons (Fsp3) is 0.471. The van der Waals surface area contributed by atoms with Crippen LogP contribution in [0.3, 0.4) is 0 Å². The van der Waals surface area contributed by atoms with Crippen molar-refractivity contribution in [2.24, 2.45) is 0 Å². The summed E-state index contributed by atoms with van der Waals surface area (Å²) >= 11 is 5.94. The predicted octanol–water partition coefficient (Wildman–Crippen LogP) is 2.62. The van der Waals surface area contributed by atoms with Crippen LogP contribution in [0.1, 0.15) is 31.9 Å². The number of alkyl halides is 1. The summed E-state index contributed by atoms with van der Waals surface area (Å²) in [6.07, 6.45) is 0.359. The lowest BCUT2D eigenvalue weighted by atomic mass is 10.1. The number of hydrogen-bond donors (Lipinski definition) is 0. The molecular weight excluding hydrogens is 424 g/mol. The molecule has 0 saturated carbocycles. The van der Waals surface area contributed by atoms with E-state index in [1.807, 2.05) is 24.7 Å². The van der Waals surface area contributed by atoms with Gasteiger partial charge in [-0.3, -0.25) is 14.4 Å². The van der Waals surface area contributed by atoms with Gasteiger partial charge in [-0.25, -0.2) is 0 Å². The van der Waals surface area contributed by atoms with Gasteiger partial charge in [-0.05, 0) is 30.7 Å². The van der Waals surface area contributed by atoms with Gasteiger partial charge in [0, 0.05) is 26.3 Å². The highest BCUT2D eigenvalue weighted by molar-refractivity contribution is 6.74. The van der Waals surface area contributed by atoms with E-state index in [9.17, 15) is 14.4 Å². The first-order chi connectivity index (χ1) is 13.1. The average molecular weight is 447 g/mol. The lowest BCUT2D eigenvalue weighted by molar-refractivity contribution is -0.147. The lowest BCUT2D eigenvalue weighted by Gasteiger charge is -2.32. The van der Waals surface area contributed by atoms with Crippen LogP contribution in [0.2, 0.25) is 12.6 Å². The lowest BCUT2D eigenvalue weighted by Crippen LogP contribution is -2.49. The third-order valence-electron chi connectivity index (χ3n) is 3.84. The molecule has 8 nitrogen and oxygen atoms in total. The number of hydrogen-bond acceptors (Lipinski definition) is 8. The smallest absolute Gasteiger partial charge is 0.519 e. The van der Waals surface area contributed by atoms with Crippen molar-refractivity contribution in [3.63, 3.8) is 0 Å². The van der Waals surface area contributed by atoms with Crippen LogP contribution in [0, 0.1) is 0 Å². The highest BCUT2D eigenvalue weighted by Gasteiger charge is 2.51. The van der Waals surface area contributed by atoms with Crippen molar-refractivity contribution in [2.45, 2.75) is 46.4 Å². The van der Waals surface area contributed by atoms with Gasteiger partial charge in [-0.15, -0.1) is 11.6 Å². The van der Waals surface area contributed by atoms with Crippen LogP contribution in [0.25, 0.3) is 0 Å². The minimum atomic E-state index is -3.85. The minimum Gasteiger partial charge on any atom is -0.519 e. The molecule has 0 fully saturated rings. The first kappa shape index (κ1) is 22.4. The topological polar surface area (TPSA) is 97.4 Å². The molecule has 154 valence electrons. The number of rotatable bonds is 7. The number of aryl methyl sites for hydroxylation is 1. The molecular formula is C17H23ClO8Si2. The van der Waals surface area contributed by atoms with E-state index in [2.05, 4.69) is 0 Å². The fourth-order valence-electron chi connectivity index (χ4n) is 2.73. The molecule has 1 aliphatic heterocycles. The van der Waals surface area contributed by atoms with Crippen LogP contribution < -0.4 is 4.43 Å². The Morgan fingerprint density at radius 2 is 1.68 bits per heavy atom. The van der Waals surface area contributed by atoms with Gasteiger partial charge in [0.2, 0.25) is 0 Å². The van der Waals surface area contributed by atoms with E-state index in [4.69, 9.17) is 33.7 Å². The molecule has 0 spiro atoms. The second-order valence-corrected chi connectivity index (χ2v) is 12.9. The molecule has 0 N–H and O–H groups in total. The summed E-state index contributed by atoms with van der Waals surface area (Å²) < 4.78 is 27.3. The van der Waals surface area contributed by atoms with Crippen molar-refractivity contribution in [3.05, 3.63) is 29.3 Å². The van der Waals surface area contributed by atoms with Crippen LogP contribution in [0.5, 0.6) is 5.75 Å². The third kappa shape index (κ3) is 6.06. The van der Waals surface area contributed by atoms with Crippen molar-refractivity contribution in [3.8, 4) is 5.75 Å². The summed E-state index contributed by atoms with van der Waals surface area (Å²) in [5.74, 6) is -1.33. The minimum absolute atomic E-state index is 0.0698. The summed E-state index contributed by atoms with van der Waals surface area (Å²) in [5, 5.41) is 0. The summed E-state index contributed by atoms with van der Waals surface area (Å²) in [6.45, 7) is 5.79. The third-order valence-corrected chi connectivity index (χ3v) is 9.85. The Hall–Kier alpha value is -1.89. The van der Waals surface area contributed by atoms with E-state index in [-0.39, 0.29) is 6.04 Å².